The summed E-state index contributed by atoms with van der Waals surface area (Å²) in [6, 6.07) is 18.3. The third-order valence-electron chi connectivity index (χ3n) is 12.4. The molecule has 4 N–H and O–H groups in total. The number of alkyl carbamates (subject to hydrolysis) is 2. The zero-order valence-electron chi connectivity index (χ0n) is 38.0. The Kier molecular flexibility index (Phi) is 14.5. The summed E-state index contributed by atoms with van der Waals surface area (Å²) >= 11 is 0. The molecule has 3 aromatic rings. The summed E-state index contributed by atoms with van der Waals surface area (Å²) in [4.78, 5) is 84.3. The number of hydrogen-bond acceptors (Lipinski definition) is 9. The van der Waals surface area contributed by atoms with Crippen molar-refractivity contribution >= 4 is 52.9 Å². The molecular weight excluding hydrogens is 822 g/mol. The van der Waals surface area contributed by atoms with Crippen molar-refractivity contribution in [3.63, 3.8) is 0 Å². The van der Waals surface area contributed by atoms with Crippen LogP contribution in [0.1, 0.15) is 103 Å². The second kappa shape index (κ2) is 19.7. The number of hydrogen-bond donors (Lipinski definition) is 4. The molecule has 6 amide bonds. The zero-order valence-corrected chi connectivity index (χ0v) is 38.0. The summed E-state index contributed by atoms with van der Waals surface area (Å²) < 4.78 is 23.7. The molecule has 3 aromatic carbocycles. The van der Waals surface area contributed by atoms with Crippen LogP contribution in [-0.2, 0) is 28.7 Å². The molecule has 0 aliphatic carbocycles. The van der Waals surface area contributed by atoms with Gasteiger partial charge in [-0.1, -0.05) is 65.8 Å². The molecule has 15 nitrogen and oxygen atoms in total. The highest BCUT2D eigenvalue weighted by molar-refractivity contribution is 6.00. The van der Waals surface area contributed by atoms with Gasteiger partial charge >= 0.3 is 12.2 Å². The maximum Gasteiger partial charge on any atom is 0.407 e. The standard InChI is InChI=1S/C48H62FN7O8/c1-47(2,3)39(52-45(61)63-7)43(59)54-27-9-11-37(54)41(57)50-32-19-13-29(14-20-32)35-25-26-36(56(35)34-23-17-31(49)18-24-34)30-15-21-33(22-16-30)51-42(58)38-12-10-28-55(38)44(60)40(48(4,5)6)53-46(62)64-8/h13-24,35-40H,9-12,25-28H2,1-8H3,(H,50,57)(H,51,58)(H,52,61)(H,53,62)/t35-,36?,37+,38+,39-,40-/m1/s1. The van der Waals surface area contributed by atoms with E-state index >= 15 is 0 Å². The second-order valence-corrected chi connectivity index (χ2v) is 19.0. The maximum absolute atomic E-state index is 14.2. The summed E-state index contributed by atoms with van der Waals surface area (Å²) in [7, 11) is 2.48. The summed E-state index contributed by atoms with van der Waals surface area (Å²) in [5, 5.41) is 11.3. The van der Waals surface area contributed by atoms with Crippen LogP contribution in [0.2, 0.25) is 0 Å². The van der Waals surface area contributed by atoms with Gasteiger partial charge in [0.1, 0.15) is 30.0 Å². The van der Waals surface area contributed by atoms with Gasteiger partial charge in [-0.2, -0.15) is 0 Å². The van der Waals surface area contributed by atoms with Crippen molar-refractivity contribution in [1.29, 1.82) is 0 Å². The Labute approximate surface area is 374 Å². The maximum atomic E-state index is 14.2. The van der Waals surface area contributed by atoms with Crippen LogP contribution in [0.5, 0.6) is 0 Å². The number of amides is 6. The largest absolute Gasteiger partial charge is 0.453 e. The first-order chi connectivity index (χ1) is 30.3. The van der Waals surface area contributed by atoms with Crippen molar-refractivity contribution < 1.29 is 42.6 Å². The highest BCUT2D eigenvalue weighted by Gasteiger charge is 2.44. The van der Waals surface area contributed by atoms with E-state index in [0.29, 0.717) is 50.1 Å². The van der Waals surface area contributed by atoms with Gasteiger partial charge in [0.05, 0.1) is 26.3 Å². The second-order valence-electron chi connectivity index (χ2n) is 19.0. The van der Waals surface area contributed by atoms with Crippen LogP contribution in [0.3, 0.4) is 0 Å². The van der Waals surface area contributed by atoms with Crippen LogP contribution in [0.4, 0.5) is 31.0 Å². The number of benzene rings is 3. The number of likely N-dealkylation sites (tertiary alicyclic amines) is 2. The lowest BCUT2D eigenvalue weighted by Crippen LogP contribution is -2.57. The van der Waals surface area contributed by atoms with Gasteiger partial charge in [-0.25, -0.2) is 14.0 Å². The molecule has 3 aliphatic rings. The van der Waals surface area contributed by atoms with Crippen molar-refractivity contribution in [1.82, 2.24) is 20.4 Å². The molecule has 6 rings (SSSR count). The molecule has 3 fully saturated rings. The molecule has 16 heteroatoms. The van der Waals surface area contributed by atoms with Crippen LogP contribution < -0.4 is 26.2 Å². The Morgan fingerprint density at radius 1 is 0.578 bits per heavy atom. The zero-order chi connectivity index (χ0) is 46.5. The number of nitrogens with zero attached hydrogens (tertiary/aromatic N) is 3. The summed E-state index contributed by atoms with van der Waals surface area (Å²) in [6.07, 6.45) is 2.41. The lowest BCUT2D eigenvalue weighted by Gasteiger charge is -2.35. The van der Waals surface area contributed by atoms with Gasteiger partial charge in [-0.3, -0.25) is 19.2 Å². The normalized spacial score (nSPS) is 20.9. The molecule has 0 radical (unpaired) electrons. The summed E-state index contributed by atoms with van der Waals surface area (Å²) in [5.74, 6) is -1.65. The van der Waals surface area contributed by atoms with E-state index in [2.05, 4.69) is 26.2 Å². The van der Waals surface area contributed by atoms with Crippen molar-refractivity contribution in [2.45, 2.75) is 116 Å². The van der Waals surface area contributed by atoms with E-state index in [-0.39, 0.29) is 41.5 Å². The first-order valence-corrected chi connectivity index (χ1v) is 22.0. The topological polar surface area (TPSA) is 179 Å². The fourth-order valence-electron chi connectivity index (χ4n) is 9.06. The van der Waals surface area contributed by atoms with Gasteiger partial charge in [-0.05, 0) is 109 Å². The van der Waals surface area contributed by atoms with Crippen molar-refractivity contribution in [2.24, 2.45) is 10.8 Å². The van der Waals surface area contributed by atoms with Gasteiger partial charge in [0, 0.05) is 30.2 Å². The van der Waals surface area contributed by atoms with E-state index in [4.69, 9.17) is 9.47 Å². The number of halogens is 1. The average Bonchev–Trinajstić information content (AvgIpc) is 4.05. The van der Waals surface area contributed by atoms with Crippen LogP contribution >= 0.6 is 0 Å². The van der Waals surface area contributed by atoms with E-state index in [1.165, 1.54) is 36.2 Å². The fourth-order valence-corrected chi connectivity index (χ4v) is 9.06. The lowest BCUT2D eigenvalue weighted by atomic mass is 9.85. The van der Waals surface area contributed by atoms with E-state index in [1.807, 2.05) is 90.1 Å². The Morgan fingerprint density at radius 3 is 1.30 bits per heavy atom. The van der Waals surface area contributed by atoms with Gasteiger partial charge < -0.3 is 45.4 Å². The van der Waals surface area contributed by atoms with E-state index < -0.39 is 47.2 Å². The molecule has 3 aliphatic heterocycles. The predicted octanol–water partition coefficient (Wildman–Crippen LogP) is 7.31. The minimum atomic E-state index is -0.885. The monoisotopic (exact) mass is 883 g/mol. The molecule has 0 saturated carbocycles. The average molecular weight is 884 g/mol. The molecule has 3 saturated heterocycles. The van der Waals surface area contributed by atoms with Crippen LogP contribution in [-0.4, -0.2) is 97.1 Å². The van der Waals surface area contributed by atoms with E-state index in [0.717, 1.165) is 29.7 Å². The quantitative estimate of drug-likeness (QED) is 0.154. The third kappa shape index (κ3) is 10.8. The number of methoxy groups -OCH3 is 2. The number of anilines is 3. The minimum Gasteiger partial charge on any atom is -0.453 e. The Hall–Kier alpha value is -6.19. The highest BCUT2D eigenvalue weighted by Crippen LogP contribution is 2.47. The number of ether oxygens (including phenoxy) is 2. The van der Waals surface area contributed by atoms with Crippen LogP contribution in [0, 0.1) is 16.6 Å². The van der Waals surface area contributed by atoms with E-state index in [9.17, 15) is 33.2 Å². The van der Waals surface area contributed by atoms with Gasteiger partial charge in [-0.15, -0.1) is 0 Å². The Bertz CT molecular complexity index is 2040. The van der Waals surface area contributed by atoms with Crippen molar-refractivity contribution in [3.05, 3.63) is 89.7 Å². The van der Waals surface area contributed by atoms with Gasteiger partial charge in [0.25, 0.3) is 0 Å². The highest BCUT2D eigenvalue weighted by atomic mass is 19.1. The molecule has 6 atom stereocenters. The van der Waals surface area contributed by atoms with E-state index in [1.54, 1.807) is 12.1 Å². The fraction of sp³-hybridized carbons (Fsp3) is 0.500. The predicted molar refractivity (Wildman–Crippen MR) is 241 cm³/mol. The lowest BCUT2D eigenvalue weighted by molar-refractivity contribution is -0.140. The van der Waals surface area contributed by atoms with Crippen molar-refractivity contribution in [3.8, 4) is 0 Å². The molecule has 0 spiro atoms. The molecule has 64 heavy (non-hydrogen) atoms. The Morgan fingerprint density at radius 2 is 0.953 bits per heavy atom. The summed E-state index contributed by atoms with van der Waals surface area (Å²) in [5.41, 5.74) is 2.74. The number of nitrogens with one attached hydrogen (secondary N) is 4. The summed E-state index contributed by atoms with van der Waals surface area (Å²) in [6.45, 7) is 11.8. The molecular formula is C48H62FN7O8. The van der Waals surface area contributed by atoms with Crippen LogP contribution in [0.15, 0.2) is 72.8 Å². The number of rotatable bonds is 11. The molecule has 0 bridgehead atoms. The molecule has 3 heterocycles. The minimum absolute atomic E-state index is 0.0873. The number of carbonyl (C=O) groups is 6. The Balaban J connectivity index is 1.14. The smallest absolute Gasteiger partial charge is 0.407 e. The first kappa shape index (κ1) is 47.3. The van der Waals surface area contributed by atoms with Gasteiger partial charge in [0.2, 0.25) is 23.6 Å². The van der Waals surface area contributed by atoms with Crippen LogP contribution in [0.25, 0.3) is 0 Å². The molecule has 344 valence electrons. The molecule has 1 unspecified atom stereocenters. The number of carbonyl (C=O) groups excluding carboxylic acids is 6. The SMILES string of the molecule is COC(=O)N[C@H](C(=O)N1CCC[C@H]1C(=O)Nc1ccc(C2CC[C@H](c3ccc(NC(=O)[C@@H]4CCCN4C(=O)[C@@H](NC(=O)OC)C(C)(C)C)cc3)N2c2ccc(F)cc2)cc1)C(C)(C)C. The van der Waals surface area contributed by atoms with Crippen molar-refractivity contribution in [2.75, 3.05) is 42.8 Å². The third-order valence-corrected chi connectivity index (χ3v) is 12.4. The molecule has 0 aromatic heterocycles. The first-order valence-electron chi connectivity index (χ1n) is 22.0. The van der Waals surface area contributed by atoms with Gasteiger partial charge in [0.15, 0.2) is 0 Å².